The maximum absolute atomic E-state index is 5.94. The minimum Gasteiger partial charge on any atom is -0.475 e. The van der Waals surface area contributed by atoms with Gasteiger partial charge in [-0.3, -0.25) is 0 Å². The average molecular weight is 336 g/mol. The first-order valence-corrected chi connectivity index (χ1v) is 9.02. The average Bonchev–Trinajstić information content (AvgIpc) is 3.02. The van der Waals surface area contributed by atoms with Crippen molar-refractivity contribution in [3.05, 3.63) is 58.1 Å². The van der Waals surface area contributed by atoms with Crippen molar-refractivity contribution in [3.8, 4) is 0 Å². The molecule has 1 N–H and O–H groups in total. The van der Waals surface area contributed by atoms with Crippen molar-refractivity contribution in [2.45, 2.75) is 47.6 Å². The number of hydrogen-bond acceptors (Lipinski definition) is 3. The lowest BCUT2D eigenvalue weighted by Gasteiger charge is -2.18. The molecule has 3 rings (SSSR count). The molecule has 1 aliphatic heterocycles. The Morgan fingerprint density at radius 1 is 1.00 bits per heavy atom. The minimum absolute atomic E-state index is 0.242. The molecular formula is C22H28N2O. The van der Waals surface area contributed by atoms with Crippen molar-refractivity contribution < 1.29 is 4.74 Å². The fourth-order valence-electron chi connectivity index (χ4n) is 3.39. The third kappa shape index (κ3) is 3.55. The number of benzene rings is 2. The van der Waals surface area contributed by atoms with Crippen LogP contribution in [0.4, 0.5) is 11.4 Å². The molecule has 1 heterocycles. The maximum atomic E-state index is 5.94. The van der Waals surface area contributed by atoms with Crippen LogP contribution in [0.15, 0.2) is 35.3 Å². The van der Waals surface area contributed by atoms with Crippen LogP contribution in [0.1, 0.15) is 41.7 Å². The summed E-state index contributed by atoms with van der Waals surface area (Å²) in [6, 6.07) is 11.0. The Hall–Kier alpha value is -2.29. The molecule has 2 aromatic rings. The molecule has 0 saturated heterocycles. The SMILES string of the molecule is Cc1cc(C)c(Nc2c(C)cccc2C2=N[C@@H](C(C)C)CO2)c(C)c1. The molecule has 0 aliphatic carbocycles. The first kappa shape index (κ1) is 17.5. The Bertz CT molecular complexity index is 798. The van der Waals surface area contributed by atoms with E-state index in [-0.39, 0.29) is 6.04 Å². The topological polar surface area (TPSA) is 33.6 Å². The van der Waals surface area contributed by atoms with Gasteiger partial charge in [0, 0.05) is 5.69 Å². The third-order valence-corrected chi connectivity index (χ3v) is 4.87. The van der Waals surface area contributed by atoms with Gasteiger partial charge in [0.05, 0.1) is 17.3 Å². The molecule has 0 radical (unpaired) electrons. The minimum atomic E-state index is 0.242. The van der Waals surface area contributed by atoms with Gasteiger partial charge in [-0.25, -0.2) is 4.99 Å². The summed E-state index contributed by atoms with van der Waals surface area (Å²) >= 11 is 0. The molecule has 0 unspecified atom stereocenters. The van der Waals surface area contributed by atoms with Crippen LogP contribution in [0.2, 0.25) is 0 Å². The van der Waals surface area contributed by atoms with E-state index in [4.69, 9.17) is 9.73 Å². The summed E-state index contributed by atoms with van der Waals surface area (Å²) in [5, 5.41) is 3.66. The number of nitrogens with one attached hydrogen (secondary N) is 1. The van der Waals surface area contributed by atoms with Gasteiger partial charge >= 0.3 is 0 Å². The second-order valence-corrected chi connectivity index (χ2v) is 7.45. The normalized spacial score (nSPS) is 16.8. The molecule has 0 bridgehead atoms. The Morgan fingerprint density at radius 2 is 1.68 bits per heavy atom. The summed E-state index contributed by atoms with van der Waals surface area (Å²) < 4.78 is 5.94. The van der Waals surface area contributed by atoms with Crippen LogP contribution >= 0.6 is 0 Å². The predicted octanol–water partition coefficient (Wildman–Crippen LogP) is 5.47. The smallest absolute Gasteiger partial charge is 0.218 e. The summed E-state index contributed by atoms with van der Waals surface area (Å²) in [5.41, 5.74) is 8.27. The number of nitrogens with zero attached hydrogens (tertiary/aromatic N) is 1. The van der Waals surface area contributed by atoms with E-state index in [9.17, 15) is 0 Å². The summed E-state index contributed by atoms with van der Waals surface area (Å²) in [6.45, 7) is 13.6. The summed E-state index contributed by atoms with van der Waals surface area (Å²) in [7, 11) is 0. The molecule has 25 heavy (non-hydrogen) atoms. The van der Waals surface area contributed by atoms with Gasteiger partial charge in [0.15, 0.2) is 0 Å². The zero-order valence-corrected chi connectivity index (χ0v) is 16.1. The van der Waals surface area contributed by atoms with Crippen LogP contribution in [-0.2, 0) is 4.74 Å². The van der Waals surface area contributed by atoms with Gasteiger partial charge in [0.1, 0.15) is 6.61 Å². The van der Waals surface area contributed by atoms with E-state index >= 15 is 0 Å². The van der Waals surface area contributed by atoms with Gasteiger partial charge in [-0.1, -0.05) is 43.7 Å². The lowest BCUT2D eigenvalue weighted by molar-refractivity contribution is 0.292. The molecule has 0 aromatic heterocycles. The van der Waals surface area contributed by atoms with Gasteiger partial charge in [-0.2, -0.15) is 0 Å². The fraction of sp³-hybridized carbons (Fsp3) is 0.409. The number of ether oxygens (including phenoxy) is 1. The van der Waals surface area contributed by atoms with E-state index in [0.717, 1.165) is 17.1 Å². The van der Waals surface area contributed by atoms with Gasteiger partial charge in [0.25, 0.3) is 0 Å². The maximum Gasteiger partial charge on any atom is 0.218 e. The van der Waals surface area contributed by atoms with E-state index in [2.05, 4.69) is 77.2 Å². The zero-order chi connectivity index (χ0) is 18.1. The number of rotatable bonds is 4. The molecule has 0 saturated carbocycles. The van der Waals surface area contributed by atoms with Crippen molar-refractivity contribution >= 4 is 17.3 Å². The second kappa shape index (κ2) is 6.91. The molecule has 0 fully saturated rings. The highest BCUT2D eigenvalue weighted by Gasteiger charge is 2.25. The van der Waals surface area contributed by atoms with Crippen molar-refractivity contribution in [1.82, 2.24) is 0 Å². The van der Waals surface area contributed by atoms with Crippen molar-refractivity contribution in [2.24, 2.45) is 10.9 Å². The zero-order valence-electron chi connectivity index (χ0n) is 16.1. The van der Waals surface area contributed by atoms with Crippen LogP contribution < -0.4 is 5.32 Å². The highest BCUT2D eigenvalue weighted by Crippen LogP contribution is 2.31. The van der Waals surface area contributed by atoms with Gasteiger partial charge in [-0.05, 0) is 56.4 Å². The molecular weight excluding hydrogens is 308 g/mol. The molecule has 1 aliphatic rings. The Balaban J connectivity index is 2.02. The highest BCUT2D eigenvalue weighted by molar-refractivity contribution is 6.02. The molecule has 3 nitrogen and oxygen atoms in total. The van der Waals surface area contributed by atoms with E-state index in [0.29, 0.717) is 12.5 Å². The van der Waals surface area contributed by atoms with Crippen LogP contribution in [0, 0.1) is 33.6 Å². The van der Waals surface area contributed by atoms with Crippen LogP contribution in [0.3, 0.4) is 0 Å². The molecule has 132 valence electrons. The van der Waals surface area contributed by atoms with Crippen LogP contribution in [-0.4, -0.2) is 18.5 Å². The Morgan fingerprint density at radius 3 is 2.28 bits per heavy atom. The second-order valence-electron chi connectivity index (χ2n) is 7.45. The summed E-state index contributed by atoms with van der Waals surface area (Å²) in [4.78, 5) is 4.81. The molecule has 3 heteroatoms. The van der Waals surface area contributed by atoms with E-state index in [1.54, 1.807) is 0 Å². The molecule has 0 amide bonds. The van der Waals surface area contributed by atoms with Gasteiger partial charge < -0.3 is 10.1 Å². The third-order valence-electron chi connectivity index (χ3n) is 4.87. The van der Waals surface area contributed by atoms with Crippen LogP contribution in [0.5, 0.6) is 0 Å². The quantitative estimate of drug-likeness (QED) is 0.803. The highest BCUT2D eigenvalue weighted by atomic mass is 16.5. The summed E-state index contributed by atoms with van der Waals surface area (Å²) in [6.07, 6.45) is 0. The van der Waals surface area contributed by atoms with E-state index in [1.165, 1.54) is 27.9 Å². The predicted molar refractivity (Wildman–Crippen MR) is 106 cm³/mol. The fourth-order valence-corrected chi connectivity index (χ4v) is 3.39. The largest absolute Gasteiger partial charge is 0.475 e. The first-order valence-electron chi connectivity index (χ1n) is 9.02. The van der Waals surface area contributed by atoms with Crippen molar-refractivity contribution in [3.63, 3.8) is 0 Å². The molecule has 0 spiro atoms. The molecule has 2 aromatic carbocycles. The number of aliphatic imine (C=N–C) groups is 1. The number of para-hydroxylation sites is 1. The van der Waals surface area contributed by atoms with Crippen LogP contribution in [0.25, 0.3) is 0 Å². The van der Waals surface area contributed by atoms with E-state index in [1.807, 2.05) is 0 Å². The molecule has 1 atom stereocenters. The Kier molecular flexibility index (Phi) is 4.85. The summed E-state index contributed by atoms with van der Waals surface area (Å²) in [5.74, 6) is 1.24. The van der Waals surface area contributed by atoms with E-state index < -0.39 is 0 Å². The number of anilines is 2. The van der Waals surface area contributed by atoms with Gasteiger partial charge in [0.2, 0.25) is 5.90 Å². The van der Waals surface area contributed by atoms with Crippen molar-refractivity contribution in [2.75, 3.05) is 11.9 Å². The standard InChI is InChI=1S/C22H28N2O/c1-13(2)19-12-25-22(23-19)18-9-7-8-15(4)21(18)24-20-16(5)10-14(3)11-17(20)6/h7-11,13,19,24H,12H2,1-6H3/t19-/m1/s1. The van der Waals surface area contributed by atoms with Gasteiger partial charge in [-0.15, -0.1) is 0 Å². The monoisotopic (exact) mass is 336 g/mol. The lowest BCUT2D eigenvalue weighted by Crippen LogP contribution is -2.13. The number of hydrogen-bond donors (Lipinski definition) is 1. The number of aryl methyl sites for hydroxylation is 4. The Labute approximate surface area is 151 Å². The lowest BCUT2D eigenvalue weighted by atomic mass is 10.0. The van der Waals surface area contributed by atoms with Crippen molar-refractivity contribution in [1.29, 1.82) is 0 Å². The first-order chi connectivity index (χ1) is 11.9.